The number of nitrogens with one attached hydrogen (secondary N) is 1. The molecular weight excluding hydrogens is 210 g/mol. The first-order valence-electron chi connectivity index (χ1n) is 5.32. The number of nitroso groups, excluding NO2 is 1. The van der Waals surface area contributed by atoms with Gasteiger partial charge in [0.15, 0.2) is 6.20 Å². The van der Waals surface area contributed by atoms with Crippen LogP contribution < -0.4 is 4.57 Å². The third-order valence-electron chi connectivity index (χ3n) is 2.12. The van der Waals surface area contributed by atoms with Gasteiger partial charge in [-0.05, 0) is 19.8 Å². The Labute approximate surface area is 93.6 Å². The molecule has 0 bridgehead atoms. The highest BCUT2D eigenvalue weighted by Crippen LogP contribution is 2.02. The van der Waals surface area contributed by atoms with E-state index in [4.69, 9.17) is 4.74 Å². The molecular formula is C10H16N3O3+. The van der Waals surface area contributed by atoms with E-state index < -0.39 is 0 Å². The number of aryl methyl sites for hydroxylation is 1. The number of carbonyl (C=O) groups excluding carboxylic acids is 1. The number of H-pyrrole nitrogens is 1. The first-order valence-corrected chi connectivity index (χ1v) is 5.32. The maximum atomic E-state index is 11.0. The second kappa shape index (κ2) is 6.71. The number of aromatic amines is 1. The number of carbonyl (C=O) groups is 1. The van der Waals surface area contributed by atoms with E-state index in [1.807, 2.05) is 4.57 Å². The zero-order chi connectivity index (χ0) is 11.8. The summed E-state index contributed by atoms with van der Waals surface area (Å²) in [5.74, 6) is 0.155. The summed E-state index contributed by atoms with van der Waals surface area (Å²) in [7, 11) is 0. The maximum absolute atomic E-state index is 11.0. The summed E-state index contributed by atoms with van der Waals surface area (Å²) < 4.78 is 6.64. The number of hydrogen-bond acceptors (Lipinski definition) is 4. The molecule has 0 saturated heterocycles. The molecule has 0 aliphatic carbocycles. The van der Waals surface area contributed by atoms with Crippen LogP contribution in [0.25, 0.3) is 0 Å². The van der Waals surface area contributed by atoms with Gasteiger partial charge in [0.2, 0.25) is 6.33 Å². The Morgan fingerprint density at radius 1 is 1.56 bits per heavy atom. The predicted octanol–water partition coefficient (Wildman–Crippen LogP) is 1.43. The highest BCUT2D eigenvalue weighted by atomic mass is 16.5. The van der Waals surface area contributed by atoms with Gasteiger partial charge >= 0.3 is 5.97 Å². The summed E-state index contributed by atoms with van der Waals surface area (Å²) in [4.78, 5) is 23.9. The highest BCUT2D eigenvalue weighted by Gasteiger charge is 2.06. The van der Waals surface area contributed by atoms with Crippen molar-refractivity contribution in [3.63, 3.8) is 0 Å². The van der Waals surface area contributed by atoms with E-state index in [1.54, 1.807) is 19.4 Å². The third-order valence-corrected chi connectivity index (χ3v) is 2.12. The first kappa shape index (κ1) is 12.4. The molecule has 0 saturated carbocycles. The van der Waals surface area contributed by atoms with Crippen molar-refractivity contribution < 1.29 is 14.1 Å². The van der Waals surface area contributed by atoms with Crippen molar-refractivity contribution in [2.45, 2.75) is 32.7 Å². The summed E-state index contributed by atoms with van der Waals surface area (Å²) in [6, 6.07) is 0. The number of imidazole rings is 1. The number of esters is 1. The number of hydrogen-bond donors (Lipinski definition) is 1. The van der Waals surface area contributed by atoms with Crippen LogP contribution in [0.3, 0.4) is 0 Å². The molecule has 6 heteroatoms. The van der Waals surface area contributed by atoms with E-state index in [0.29, 0.717) is 18.8 Å². The highest BCUT2D eigenvalue weighted by molar-refractivity contribution is 5.69. The van der Waals surface area contributed by atoms with E-state index in [0.717, 1.165) is 19.4 Å². The molecule has 0 fully saturated rings. The number of unbranched alkanes of at least 4 members (excludes halogenated alkanes) is 1. The molecule has 0 unspecified atom stereocenters. The molecule has 6 nitrogen and oxygen atoms in total. The van der Waals surface area contributed by atoms with Gasteiger partial charge in [-0.25, -0.2) is 9.55 Å². The fourth-order valence-corrected chi connectivity index (χ4v) is 1.36. The lowest BCUT2D eigenvalue weighted by Crippen LogP contribution is -2.30. The van der Waals surface area contributed by atoms with Crippen molar-refractivity contribution >= 4 is 11.8 Å². The van der Waals surface area contributed by atoms with Crippen molar-refractivity contribution in [2.75, 3.05) is 6.61 Å². The maximum Gasteiger partial charge on any atom is 0.305 e. The average molecular weight is 226 g/mol. The van der Waals surface area contributed by atoms with E-state index in [9.17, 15) is 9.70 Å². The summed E-state index contributed by atoms with van der Waals surface area (Å²) in [6.07, 6.45) is 5.40. The molecule has 0 spiro atoms. The lowest BCUT2D eigenvalue weighted by Gasteiger charge is -2.00. The number of nitrogens with zero attached hydrogens (tertiary/aromatic N) is 2. The van der Waals surface area contributed by atoms with Crippen LogP contribution in [0, 0.1) is 4.91 Å². The molecule has 1 N–H and O–H groups in total. The van der Waals surface area contributed by atoms with Crippen LogP contribution in [0.2, 0.25) is 0 Å². The van der Waals surface area contributed by atoms with E-state index in [1.165, 1.54) is 0 Å². The predicted molar refractivity (Wildman–Crippen MR) is 56.9 cm³/mol. The molecule has 1 aromatic rings. The van der Waals surface area contributed by atoms with E-state index >= 15 is 0 Å². The average Bonchev–Trinajstić information content (AvgIpc) is 2.73. The Hall–Kier alpha value is -1.72. The smallest absolute Gasteiger partial charge is 0.305 e. The number of ether oxygens (including phenoxy) is 1. The van der Waals surface area contributed by atoms with Crippen LogP contribution in [-0.2, 0) is 16.1 Å². The minimum absolute atomic E-state index is 0.156. The van der Waals surface area contributed by atoms with Crippen molar-refractivity contribution in [1.82, 2.24) is 4.98 Å². The van der Waals surface area contributed by atoms with Gasteiger partial charge in [0.25, 0.3) is 5.82 Å². The molecule has 1 rings (SSSR count). The molecule has 0 amide bonds. The third kappa shape index (κ3) is 4.20. The lowest BCUT2D eigenvalue weighted by molar-refractivity contribution is -0.695. The molecule has 1 aromatic heterocycles. The fourth-order valence-electron chi connectivity index (χ4n) is 1.36. The van der Waals surface area contributed by atoms with Gasteiger partial charge in [-0.15, -0.1) is 4.91 Å². The van der Waals surface area contributed by atoms with Gasteiger partial charge in [0.05, 0.1) is 13.2 Å². The molecule has 0 radical (unpaired) electrons. The Kier molecular flexibility index (Phi) is 5.18. The quantitative estimate of drug-likeness (QED) is 0.331. The van der Waals surface area contributed by atoms with Gasteiger partial charge in [-0.1, -0.05) is 0 Å². The lowest BCUT2D eigenvalue weighted by atomic mass is 10.2. The summed E-state index contributed by atoms with van der Waals surface area (Å²) in [5.41, 5.74) is 0. The summed E-state index contributed by atoms with van der Waals surface area (Å²) in [6.45, 7) is 2.98. The standard InChI is InChI=1S/C10H15N3O3/c1-2-16-10(14)5-3-4-6-13-7-9(12-15)11-8-13/h7-8H,2-6H2,1H3/p+1. The number of aromatic nitrogens is 2. The Morgan fingerprint density at radius 2 is 2.38 bits per heavy atom. The van der Waals surface area contributed by atoms with Crippen molar-refractivity contribution in [3.05, 3.63) is 17.4 Å². The molecule has 0 atom stereocenters. The van der Waals surface area contributed by atoms with Crippen molar-refractivity contribution in [1.29, 1.82) is 0 Å². The number of rotatable bonds is 7. The van der Waals surface area contributed by atoms with Crippen molar-refractivity contribution in [3.8, 4) is 0 Å². The molecule has 88 valence electrons. The van der Waals surface area contributed by atoms with Gasteiger partial charge in [0.1, 0.15) is 0 Å². The van der Waals surface area contributed by atoms with Gasteiger partial charge in [-0.2, -0.15) is 0 Å². The normalized spacial score (nSPS) is 10.1. The fraction of sp³-hybridized carbons (Fsp3) is 0.600. The monoisotopic (exact) mass is 226 g/mol. The molecule has 1 heterocycles. The molecule has 0 aliphatic rings. The van der Waals surface area contributed by atoms with Gasteiger partial charge in [0, 0.05) is 11.6 Å². The van der Waals surface area contributed by atoms with Crippen LogP contribution >= 0.6 is 0 Å². The van der Waals surface area contributed by atoms with Crippen molar-refractivity contribution in [2.24, 2.45) is 5.18 Å². The van der Waals surface area contributed by atoms with Gasteiger partial charge < -0.3 is 4.74 Å². The molecule has 16 heavy (non-hydrogen) atoms. The Balaban J connectivity index is 2.15. The summed E-state index contributed by atoms with van der Waals surface area (Å²) >= 11 is 0. The second-order valence-electron chi connectivity index (χ2n) is 3.38. The van der Waals surface area contributed by atoms with E-state index in [-0.39, 0.29) is 5.97 Å². The zero-order valence-electron chi connectivity index (χ0n) is 9.31. The minimum Gasteiger partial charge on any atom is -0.466 e. The van der Waals surface area contributed by atoms with Crippen LogP contribution in [0.4, 0.5) is 5.82 Å². The van der Waals surface area contributed by atoms with Crippen LogP contribution in [0.5, 0.6) is 0 Å². The summed E-state index contributed by atoms with van der Waals surface area (Å²) in [5, 5.41) is 2.77. The first-order chi connectivity index (χ1) is 7.76. The Morgan fingerprint density at radius 3 is 3.00 bits per heavy atom. The zero-order valence-corrected chi connectivity index (χ0v) is 9.31. The van der Waals surface area contributed by atoms with Gasteiger partial charge in [-0.3, -0.25) is 4.79 Å². The molecule has 0 aliphatic heterocycles. The van der Waals surface area contributed by atoms with Crippen LogP contribution in [-0.4, -0.2) is 17.6 Å². The largest absolute Gasteiger partial charge is 0.466 e. The topological polar surface area (TPSA) is 75.4 Å². The molecule has 0 aromatic carbocycles. The Bertz CT molecular complexity index is 349. The minimum atomic E-state index is -0.156. The van der Waals surface area contributed by atoms with Crippen LogP contribution in [0.15, 0.2) is 17.7 Å². The SMILES string of the molecule is CCOC(=O)CCCC[n+]1c[nH]c(N=O)c1. The van der Waals surface area contributed by atoms with Crippen LogP contribution in [0.1, 0.15) is 26.2 Å². The van der Waals surface area contributed by atoms with E-state index in [2.05, 4.69) is 10.2 Å². The second-order valence-corrected chi connectivity index (χ2v) is 3.38.